The number of carboxylic acid groups (broad SMARTS) is 1. The summed E-state index contributed by atoms with van der Waals surface area (Å²) in [5.41, 5.74) is 1.99. The van der Waals surface area contributed by atoms with E-state index in [9.17, 15) is 9.90 Å². The van der Waals surface area contributed by atoms with Crippen molar-refractivity contribution in [2.75, 3.05) is 18.0 Å². The molecule has 1 fully saturated rings. The number of nitrogens with zero attached hydrogens (tertiary/aromatic N) is 2. The van der Waals surface area contributed by atoms with Crippen LogP contribution in [0.1, 0.15) is 30.1 Å². The van der Waals surface area contributed by atoms with E-state index >= 15 is 0 Å². The van der Waals surface area contributed by atoms with Crippen LogP contribution in [0.15, 0.2) is 30.5 Å². The molecule has 1 aliphatic heterocycles. The Hall–Kier alpha value is -2.10. The Morgan fingerprint density at radius 2 is 2.00 bits per heavy atom. The Morgan fingerprint density at radius 1 is 1.30 bits per heavy atom. The smallest absolute Gasteiger partial charge is 0.339 e. The normalized spacial score (nSPS) is 16.6. The van der Waals surface area contributed by atoms with Crippen LogP contribution in [0.4, 0.5) is 5.69 Å². The van der Waals surface area contributed by atoms with Crippen molar-refractivity contribution in [3.8, 4) is 0 Å². The molecule has 104 valence electrons. The summed E-state index contributed by atoms with van der Waals surface area (Å²) in [7, 11) is 0. The van der Waals surface area contributed by atoms with Gasteiger partial charge in [0.15, 0.2) is 0 Å². The van der Waals surface area contributed by atoms with Crippen molar-refractivity contribution < 1.29 is 9.90 Å². The van der Waals surface area contributed by atoms with E-state index in [2.05, 4.69) is 16.8 Å². The van der Waals surface area contributed by atoms with Crippen LogP contribution in [0.2, 0.25) is 0 Å². The lowest BCUT2D eigenvalue weighted by atomic mass is 9.97. The molecule has 0 radical (unpaired) electrons. The van der Waals surface area contributed by atoms with E-state index in [0.29, 0.717) is 11.5 Å². The molecule has 0 saturated carbocycles. The van der Waals surface area contributed by atoms with Gasteiger partial charge in [0, 0.05) is 24.7 Å². The fourth-order valence-corrected chi connectivity index (χ4v) is 2.86. The van der Waals surface area contributed by atoms with Gasteiger partial charge in [0.05, 0.1) is 11.2 Å². The predicted molar refractivity (Wildman–Crippen MR) is 79.3 cm³/mol. The first-order valence-electron chi connectivity index (χ1n) is 7.03. The molecule has 1 N–H and O–H groups in total. The van der Waals surface area contributed by atoms with Gasteiger partial charge in [0.1, 0.15) is 5.56 Å². The largest absolute Gasteiger partial charge is 0.478 e. The van der Waals surface area contributed by atoms with Crippen LogP contribution < -0.4 is 4.90 Å². The lowest BCUT2D eigenvalue weighted by Crippen LogP contribution is -2.34. The summed E-state index contributed by atoms with van der Waals surface area (Å²) >= 11 is 0. The lowest BCUT2D eigenvalue weighted by Gasteiger charge is -2.33. The first-order valence-corrected chi connectivity index (χ1v) is 7.03. The maximum atomic E-state index is 11.5. The van der Waals surface area contributed by atoms with Gasteiger partial charge in [-0.3, -0.25) is 4.98 Å². The number of anilines is 1. The Morgan fingerprint density at radius 3 is 2.70 bits per heavy atom. The van der Waals surface area contributed by atoms with Crippen molar-refractivity contribution in [1.82, 2.24) is 4.98 Å². The number of carbonyl (C=O) groups is 1. The molecule has 4 nitrogen and oxygen atoms in total. The van der Waals surface area contributed by atoms with Gasteiger partial charge in [-0.2, -0.15) is 0 Å². The van der Waals surface area contributed by atoms with Gasteiger partial charge in [0.2, 0.25) is 0 Å². The van der Waals surface area contributed by atoms with Crippen molar-refractivity contribution in [3.05, 3.63) is 36.0 Å². The zero-order valence-electron chi connectivity index (χ0n) is 11.5. The van der Waals surface area contributed by atoms with Gasteiger partial charge in [-0.1, -0.05) is 25.1 Å². The number of benzene rings is 1. The number of piperidine rings is 1. The van der Waals surface area contributed by atoms with E-state index in [4.69, 9.17) is 0 Å². The molecule has 0 amide bonds. The van der Waals surface area contributed by atoms with Gasteiger partial charge in [-0.05, 0) is 24.8 Å². The standard InChI is InChI=1S/C16H18N2O2/c1-11-6-8-18(9-7-11)15-12-4-2-3-5-14(12)17-10-13(15)16(19)20/h2-5,10-11H,6-9H2,1H3,(H,19,20). The first-order chi connectivity index (χ1) is 9.66. The molecule has 0 unspecified atom stereocenters. The number of rotatable bonds is 2. The number of aromatic nitrogens is 1. The van der Waals surface area contributed by atoms with E-state index < -0.39 is 5.97 Å². The zero-order valence-corrected chi connectivity index (χ0v) is 11.5. The summed E-state index contributed by atoms with van der Waals surface area (Å²) in [6.45, 7) is 4.07. The minimum atomic E-state index is -0.906. The molecule has 1 aromatic carbocycles. The highest BCUT2D eigenvalue weighted by molar-refractivity contribution is 6.04. The lowest BCUT2D eigenvalue weighted by molar-refractivity contribution is 0.0697. The highest BCUT2D eigenvalue weighted by Gasteiger charge is 2.23. The molecule has 1 aromatic heterocycles. The molecule has 1 saturated heterocycles. The SMILES string of the molecule is CC1CCN(c2c(C(=O)O)cnc3ccccc23)CC1. The molecular weight excluding hydrogens is 252 g/mol. The zero-order chi connectivity index (χ0) is 14.1. The fraction of sp³-hybridized carbons (Fsp3) is 0.375. The molecular formula is C16H18N2O2. The second kappa shape index (κ2) is 5.12. The molecule has 2 aromatic rings. The fourth-order valence-electron chi connectivity index (χ4n) is 2.86. The maximum absolute atomic E-state index is 11.5. The summed E-state index contributed by atoms with van der Waals surface area (Å²) in [6, 6.07) is 7.75. The Labute approximate surface area is 118 Å². The van der Waals surface area contributed by atoms with E-state index in [1.807, 2.05) is 24.3 Å². The molecule has 3 rings (SSSR count). The van der Waals surface area contributed by atoms with Crippen LogP contribution in [0, 0.1) is 5.92 Å². The number of pyridine rings is 1. The monoisotopic (exact) mass is 270 g/mol. The predicted octanol–water partition coefficient (Wildman–Crippen LogP) is 3.17. The minimum absolute atomic E-state index is 0.304. The number of hydrogen-bond acceptors (Lipinski definition) is 3. The average molecular weight is 270 g/mol. The highest BCUT2D eigenvalue weighted by atomic mass is 16.4. The second-order valence-corrected chi connectivity index (χ2v) is 5.51. The quantitative estimate of drug-likeness (QED) is 0.910. The first kappa shape index (κ1) is 12.9. The van der Waals surface area contributed by atoms with Crippen LogP contribution >= 0.6 is 0 Å². The molecule has 0 aliphatic carbocycles. The summed E-state index contributed by atoms with van der Waals surface area (Å²) in [4.78, 5) is 18.0. The van der Waals surface area contributed by atoms with Crippen LogP contribution in [0.3, 0.4) is 0 Å². The summed E-state index contributed by atoms with van der Waals surface area (Å²) in [6.07, 6.45) is 3.70. The van der Waals surface area contributed by atoms with Crippen LogP contribution in [-0.4, -0.2) is 29.1 Å². The second-order valence-electron chi connectivity index (χ2n) is 5.51. The number of fused-ring (bicyclic) bond motifs is 1. The van der Waals surface area contributed by atoms with Crippen molar-refractivity contribution in [3.63, 3.8) is 0 Å². The third-order valence-corrected chi connectivity index (χ3v) is 4.08. The highest BCUT2D eigenvalue weighted by Crippen LogP contribution is 2.32. The topological polar surface area (TPSA) is 53.4 Å². The molecule has 0 spiro atoms. The number of hydrogen-bond donors (Lipinski definition) is 1. The summed E-state index contributed by atoms with van der Waals surface area (Å²) in [5.74, 6) is -0.190. The van der Waals surface area contributed by atoms with Gasteiger partial charge in [-0.25, -0.2) is 4.79 Å². The van der Waals surface area contributed by atoms with Crippen molar-refractivity contribution in [2.45, 2.75) is 19.8 Å². The third kappa shape index (κ3) is 2.22. The van der Waals surface area contributed by atoms with Crippen LogP contribution in [0.25, 0.3) is 10.9 Å². The Balaban J connectivity index is 2.15. The molecule has 0 bridgehead atoms. The van der Waals surface area contributed by atoms with Crippen molar-refractivity contribution in [1.29, 1.82) is 0 Å². The molecule has 20 heavy (non-hydrogen) atoms. The van der Waals surface area contributed by atoms with Crippen molar-refractivity contribution in [2.24, 2.45) is 5.92 Å². The van der Waals surface area contributed by atoms with E-state index in [1.165, 1.54) is 6.20 Å². The van der Waals surface area contributed by atoms with E-state index in [1.54, 1.807) is 0 Å². The summed E-state index contributed by atoms with van der Waals surface area (Å²) in [5, 5.41) is 10.4. The molecule has 2 heterocycles. The molecule has 4 heteroatoms. The summed E-state index contributed by atoms with van der Waals surface area (Å²) < 4.78 is 0. The van der Waals surface area contributed by atoms with Crippen molar-refractivity contribution >= 4 is 22.6 Å². The van der Waals surface area contributed by atoms with E-state index in [0.717, 1.165) is 42.5 Å². The maximum Gasteiger partial charge on any atom is 0.339 e. The third-order valence-electron chi connectivity index (χ3n) is 4.08. The molecule has 1 aliphatic rings. The van der Waals surface area contributed by atoms with Gasteiger partial charge < -0.3 is 10.0 Å². The molecule has 0 atom stereocenters. The minimum Gasteiger partial charge on any atom is -0.478 e. The van der Waals surface area contributed by atoms with Gasteiger partial charge in [0.25, 0.3) is 0 Å². The Kier molecular flexibility index (Phi) is 3.30. The van der Waals surface area contributed by atoms with Gasteiger partial charge in [-0.15, -0.1) is 0 Å². The average Bonchev–Trinajstić information content (AvgIpc) is 2.47. The van der Waals surface area contributed by atoms with Crippen LogP contribution in [0.5, 0.6) is 0 Å². The van der Waals surface area contributed by atoms with Crippen LogP contribution in [-0.2, 0) is 0 Å². The number of aromatic carboxylic acids is 1. The van der Waals surface area contributed by atoms with E-state index in [-0.39, 0.29) is 0 Å². The number of para-hydroxylation sites is 1. The van der Waals surface area contributed by atoms with Gasteiger partial charge >= 0.3 is 5.97 Å². The number of carboxylic acids is 1. The Bertz CT molecular complexity index is 646.